The molecule has 0 saturated carbocycles. The molecular weight excluding hydrogens is 280 g/mol. The average molecular weight is 292 g/mol. The van der Waals surface area contributed by atoms with Crippen LogP contribution >= 0.6 is 0 Å². The number of hydrogen-bond acceptors (Lipinski definition) is 7. The monoisotopic (exact) mass is 292 g/mol. The molecule has 2 rings (SSSR count). The molecule has 0 aliphatic heterocycles. The second-order valence-electron chi connectivity index (χ2n) is 4.11. The molecule has 1 heterocycles. The normalized spacial score (nSPS) is 10.1. The molecule has 0 radical (unpaired) electrons. The van der Waals surface area contributed by atoms with Crippen molar-refractivity contribution in [2.75, 3.05) is 12.4 Å². The summed E-state index contributed by atoms with van der Waals surface area (Å²) in [4.78, 5) is 21.5. The molecule has 0 bridgehead atoms. The second kappa shape index (κ2) is 5.95. The molecule has 0 amide bonds. The Bertz CT molecular complexity index is 679. The summed E-state index contributed by atoms with van der Waals surface area (Å²) < 4.78 is 9.69. The summed E-state index contributed by atoms with van der Waals surface area (Å²) >= 11 is 0. The van der Waals surface area contributed by atoms with Crippen molar-refractivity contribution in [3.63, 3.8) is 0 Å². The van der Waals surface area contributed by atoms with Crippen LogP contribution in [0.4, 0.5) is 11.4 Å². The summed E-state index contributed by atoms with van der Waals surface area (Å²) in [6, 6.07) is 5.24. The number of rotatable bonds is 5. The number of nitro benzene ring substituents is 1. The number of ether oxygens (including phenoxy) is 1. The molecule has 0 unspecified atom stereocenters. The molecule has 0 atom stereocenters. The fourth-order valence-electron chi connectivity index (χ4n) is 1.70. The van der Waals surface area contributed by atoms with Gasteiger partial charge in [-0.05, 0) is 18.2 Å². The number of carbonyl (C=O) groups excluding carboxylic acids is 1. The molecule has 0 fully saturated rings. The van der Waals surface area contributed by atoms with Crippen LogP contribution in [0.2, 0.25) is 0 Å². The van der Waals surface area contributed by atoms with E-state index >= 15 is 0 Å². The smallest absolute Gasteiger partial charge is 0.341 e. The highest BCUT2D eigenvalue weighted by Gasteiger charge is 2.15. The Morgan fingerprint density at radius 1 is 1.48 bits per heavy atom. The minimum absolute atomic E-state index is 0.141. The first-order valence-corrected chi connectivity index (χ1v) is 5.88. The molecular formula is C13H12N2O6. The van der Waals surface area contributed by atoms with Crippen molar-refractivity contribution < 1.29 is 24.0 Å². The number of carbonyl (C=O) groups is 1. The first kappa shape index (κ1) is 14.4. The molecule has 1 aromatic carbocycles. The highest BCUT2D eigenvalue weighted by molar-refractivity contribution is 5.89. The van der Waals surface area contributed by atoms with Gasteiger partial charge in [-0.1, -0.05) is 0 Å². The van der Waals surface area contributed by atoms with Crippen LogP contribution < -0.4 is 5.32 Å². The van der Waals surface area contributed by atoms with Gasteiger partial charge < -0.3 is 19.6 Å². The number of nitro groups is 1. The molecule has 8 heteroatoms. The van der Waals surface area contributed by atoms with Gasteiger partial charge in [0, 0.05) is 0 Å². The number of benzene rings is 1. The van der Waals surface area contributed by atoms with E-state index in [1.807, 2.05) is 0 Å². The van der Waals surface area contributed by atoms with Gasteiger partial charge in [0.25, 0.3) is 5.69 Å². The van der Waals surface area contributed by atoms with Crippen molar-refractivity contribution in [1.29, 1.82) is 0 Å². The summed E-state index contributed by atoms with van der Waals surface area (Å²) in [7, 11) is 1.26. The van der Waals surface area contributed by atoms with Crippen molar-refractivity contribution >= 4 is 17.3 Å². The number of nitrogens with zero attached hydrogens (tertiary/aromatic N) is 1. The van der Waals surface area contributed by atoms with E-state index < -0.39 is 10.9 Å². The van der Waals surface area contributed by atoms with Crippen LogP contribution in [0.15, 0.2) is 34.9 Å². The van der Waals surface area contributed by atoms with Gasteiger partial charge in [-0.25, -0.2) is 4.79 Å². The van der Waals surface area contributed by atoms with Gasteiger partial charge in [0.1, 0.15) is 23.5 Å². The molecule has 2 N–H and O–H groups in total. The standard InChI is InChI=1S/C13H12N2O6/c1-20-13(17)8-4-10(21-7-8)6-14-11-3-2-9(16)5-12(11)15(18)19/h2-5,7,14,16H,6H2,1H3. The Morgan fingerprint density at radius 3 is 2.90 bits per heavy atom. The Balaban J connectivity index is 2.11. The zero-order valence-corrected chi connectivity index (χ0v) is 11.0. The third kappa shape index (κ3) is 3.30. The van der Waals surface area contributed by atoms with Crippen LogP contribution in [0.3, 0.4) is 0 Å². The highest BCUT2D eigenvalue weighted by Crippen LogP contribution is 2.28. The van der Waals surface area contributed by atoms with E-state index in [0.717, 1.165) is 6.07 Å². The van der Waals surface area contributed by atoms with Gasteiger partial charge in [0.2, 0.25) is 0 Å². The van der Waals surface area contributed by atoms with Crippen molar-refractivity contribution in [2.45, 2.75) is 6.54 Å². The first-order valence-electron chi connectivity index (χ1n) is 5.88. The van der Waals surface area contributed by atoms with E-state index in [2.05, 4.69) is 10.1 Å². The Labute approximate surface area is 119 Å². The molecule has 0 spiro atoms. The van der Waals surface area contributed by atoms with Crippen LogP contribution in [-0.2, 0) is 11.3 Å². The van der Waals surface area contributed by atoms with Crippen LogP contribution in [-0.4, -0.2) is 23.1 Å². The zero-order chi connectivity index (χ0) is 15.4. The fraction of sp³-hybridized carbons (Fsp3) is 0.154. The molecule has 0 aliphatic rings. The molecule has 110 valence electrons. The average Bonchev–Trinajstić information content (AvgIpc) is 2.93. The van der Waals surface area contributed by atoms with Gasteiger partial charge >= 0.3 is 5.97 Å². The summed E-state index contributed by atoms with van der Waals surface area (Å²) in [5.74, 6) is -0.309. The van der Waals surface area contributed by atoms with Crippen LogP contribution in [0.5, 0.6) is 5.75 Å². The third-order valence-corrected chi connectivity index (χ3v) is 2.71. The number of aromatic hydroxyl groups is 1. The zero-order valence-electron chi connectivity index (χ0n) is 11.0. The van der Waals surface area contributed by atoms with Gasteiger partial charge in [0.05, 0.1) is 30.2 Å². The predicted octanol–water partition coefficient (Wildman–Crippen LogP) is 2.29. The summed E-state index contributed by atoms with van der Waals surface area (Å²) in [5.41, 5.74) is 0.234. The Kier molecular flexibility index (Phi) is 4.07. The van der Waals surface area contributed by atoms with Gasteiger partial charge in [-0.15, -0.1) is 0 Å². The number of esters is 1. The summed E-state index contributed by atoms with van der Waals surface area (Å²) in [5, 5.41) is 23.0. The number of phenolic OH excluding ortho intramolecular Hbond substituents is 1. The van der Waals surface area contributed by atoms with E-state index in [1.54, 1.807) is 0 Å². The van der Waals surface area contributed by atoms with Crippen molar-refractivity contribution in [3.05, 3.63) is 52.0 Å². The lowest BCUT2D eigenvalue weighted by Crippen LogP contribution is -2.02. The predicted molar refractivity (Wildman–Crippen MR) is 72.1 cm³/mol. The maximum atomic E-state index is 11.3. The second-order valence-corrected chi connectivity index (χ2v) is 4.11. The number of furan rings is 1. The minimum atomic E-state index is -0.607. The summed E-state index contributed by atoms with van der Waals surface area (Å²) in [6.07, 6.45) is 1.24. The van der Waals surface area contributed by atoms with Crippen molar-refractivity contribution in [3.8, 4) is 5.75 Å². The fourth-order valence-corrected chi connectivity index (χ4v) is 1.70. The van der Waals surface area contributed by atoms with E-state index in [-0.39, 0.29) is 29.2 Å². The maximum Gasteiger partial charge on any atom is 0.341 e. The van der Waals surface area contributed by atoms with Gasteiger partial charge in [0.15, 0.2) is 0 Å². The number of nitrogens with one attached hydrogen (secondary N) is 1. The van der Waals surface area contributed by atoms with E-state index in [1.165, 1.54) is 31.6 Å². The number of methoxy groups -OCH3 is 1. The molecule has 0 saturated heterocycles. The number of hydrogen-bond donors (Lipinski definition) is 2. The highest BCUT2D eigenvalue weighted by atomic mass is 16.6. The topological polar surface area (TPSA) is 115 Å². The maximum absolute atomic E-state index is 11.3. The van der Waals surface area contributed by atoms with E-state index in [4.69, 9.17) is 4.42 Å². The Morgan fingerprint density at radius 2 is 2.24 bits per heavy atom. The quantitative estimate of drug-likeness (QED) is 0.376. The molecule has 1 aromatic heterocycles. The van der Waals surface area contributed by atoms with Crippen molar-refractivity contribution in [2.24, 2.45) is 0 Å². The Hall–Kier alpha value is -3.03. The lowest BCUT2D eigenvalue weighted by molar-refractivity contribution is -0.384. The summed E-state index contributed by atoms with van der Waals surface area (Å²) in [6.45, 7) is 0.141. The van der Waals surface area contributed by atoms with Crippen LogP contribution in [0.25, 0.3) is 0 Å². The number of anilines is 1. The van der Waals surface area contributed by atoms with Crippen molar-refractivity contribution in [1.82, 2.24) is 0 Å². The lowest BCUT2D eigenvalue weighted by atomic mass is 10.2. The van der Waals surface area contributed by atoms with E-state index in [9.17, 15) is 20.0 Å². The molecule has 8 nitrogen and oxygen atoms in total. The third-order valence-electron chi connectivity index (χ3n) is 2.71. The number of phenols is 1. The largest absolute Gasteiger partial charge is 0.508 e. The van der Waals surface area contributed by atoms with Crippen LogP contribution in [0, 0.1) is 10.1 Å². The first-order chi connectivity index (χ1) is 10.0. The lowest BCUT2D eigenvalue weighted by Gasteiger charge is -2.05. The van der Waals surface area contributed by atoms with Crippen LogP contribution in [0.1, 0.15) is 16.1 Å². The molecule has 2 aromatic rings. The van der Waals surface area contributed by atoms with E-state index in [0.29, 0.717) is 5.76 Å². The van der Waals surface area contributed by atoms with Gasteiger partial charge in [-0.2, -0.15) is 0 Å². The minimum Gasteiger partial charge on any atom is -0.508 e. The molecule has 0 aliphatic carbocycles. The van der Waals surface area contributed by atoms with Gasteiger partial charge in [-0.3, -0.25) is 10.1 Å². The molecule has 21 heavy (non-hydrogen) atoms. The SMILES string of the molecule is COC(=O)c1coc(CNc2ccc(O)cc2[N+](=O)[O-])c1.